The van der Waals surface area contributed by atoms with E-state index in [1.54, 1.807) is 21.7 Å². The second-order valence-electron chi connectivity index (χ2n) is 6.72. The first kappa shape index (κ1) is 17.6. The monoisotopic (exact) mass is 347 g/mol. The summed E-state index contributed by atoms with van der Waals surface area (Å²) in [6.07, 6.45) is 0. The van der Waals surface area contributed by atoms with Crippen molar-refractivity contribution >= 4 is 5.91 Å². The molecule has 0 saturated heterocycles. The molecule has 2 aromatic rings. The van der Waals surface area contributed by atoms with Crippen LogP contribution in [0.15, 0.2) is 16.5 Å². The van der Waals surface area contributed by atoms with Crippen LogP contribution < -0.4 is 0 Å². The SMILES string of the molecule is Cc1ccc(C(=O)N2Cc3nnn(C)c3[C@@H](COCCN(C)C)C2)o1. The average Bonchev–Trinajstić information content (AvgIpc) is 3.17. The van der Waals surface area contributed by atoms with Crippen LogP contribution >= 0.6 is 0 Å². The molecule has 3 rings (SSSR count). The second-order valence-corrected chi connectivity index (χ2v) is 6.72. The third-order valence-corrected chi connectivity index (χ3v) is 4.35. The molecule has 0 N–H and O–H groups in total. The molecule has 0 fully saturated rings. The van der Waals surface area contributed by atoms with Crippen LogP contribution in [0.1, 0.15) is 33.6 Å². The van der Waals surface area contributed by atoms with Gasteiger partial charge in [-0.25, -0.2) is 0 Å². The zero-order chi connectivity index (χ0) is 18.0. The minimum atomic E-state index is -0.123. The van der Waals surface area contributed by atoms with Gasteiger partial charge in [-0.3, -0.25) is 9.48 Å². The summed E-state index contributed by atoms with van der Waals surface area (Å²) in [5, 5.41) is 8.34. The average molecular weight is 347 g/mol. The number of furan rings is 1. The molecule has 0 radical (unpaired) electrons. The second kappa shape index (κ2) is 7.37. The van der Waals surface area contributed by atoms with Crippen molar-refractivity contribution in [1.82, 2.24) is 24.8 Å². The number of likely N-dealkylation sites (N-methyl/N-ethyl adjacent to an activating group) is 1. The lowest BCUT2D eigenvalue weighted by Gasteiger charge is -2.31. The first-order chi connectivity index (χ1) is 12.0. The van der Waals surface area contributed by atoms with Gasteiger partial charge in [-0.1, -0.05) is 5.21 Å². The summed E-state index contributed by atoms with van der Waals surface area (Å²) < 4.78 is 13.1. The van der Waals surface area contributed by atoms with Crippen molar-refractivity contribution in [2.24, 2.45) is 7.05 Å². The van der Waals surface area contributed by atoms with Crippen LogP contribution in [-0.4, -0.2) is 71.1 Å². The van der Waals surface area contributed by atoms with E-state index in [2.05, 4.69) is 15.2 Å². The van der Waals surface area contributed by atoms with Gasteiger partial charge >= 0.3 is 0 Å². The number of hydrogen-bond donors (Lipinski definition) is 0. The molecule has 0 aliphatic carbocycles. The van der Waals surface area contributed by atoms with Crippen molar-refractivity contribution < 1.29 is 13.9 Å². The fourth-order valence-electron chi connectivity index (χ4n) is 3.08. The summed E-state index contributed by atoms with van der Waals surface area (Å²) in [4.78, 5) is 16.6. The molecule has 0 unspecified atom stereocenters. The number of rotatable bonds is 6. The summed E-state index contributed by atoms with van der Waals surface area (Å²) in [5.74, 6) is 1.01. The molecule has 8 heteroatoms. The molecule has 3 heterocycles. The lowest BCUT2D eigenvalue weighted by molar-refractivity contribution is 0.0586. The van der Waals surface area contributed by atoms with Crippen molar-refractivity contribution in [3.8, 4) is 0 Å². The van der Waals surface area contributed by atoms with E-state index in [0.717, 1.165) is 23.7 Å². The molecule has 8 nitrogen and oxygen atoms in total. The minimum absolute atomic E-state index is 0.0471. The van der Waals surface area contributed by atoms with Gasteiger partial charge in [0.2, 0.25) is 0 Å². The van der Waals surface area contributed by atoms with Crippen molar-refractivity contribution in [2.75, 3.05) is 40.4 Å². The lowest BCUT2D eigenvalue weighted by atomic mass is 9.98. The van der Waals surface area contributed by atoms with E-state index in [0.29, 0.717) is 32.1 Å². The Morgan fingerprint density at radius 2 is 2.24 bits per heavy atom. The van der Waals surface area contributed by atoms with Gasteiger partial charge in [0.05, 0.1) is 25.5 Å². The van der Waals surface area contributed by atoms with Crippen LogP contribution in [0.25, 0.3) is 0 Å². The van der Waals surface area contributed by atoms with Gasteiger partial charge in [-0.2, -0.15) is 0 Å². The van der Waals surface area contributed by atoms with E-state index < -0.39 is 0 Å². The molecule has 0 saturated carbocycles. The molecular weight excluding hydrogens is 322 g/mol. The highest BCUT2D eigenvalue weighted by molar-refractivity contribution is 5.91. The Bertz CT molecular complexity index is 736. The maximum absolute atomic E-state index is 12.7. The Labute approximate surface area is 147 Å². The van der Waals surface area contributed by atoms with Crippen LogP contribution in [0.3, 0.4) is 0 Å². The molecular formula is C17H25N5O3. The molecule has 1 atom stereocenters. The summed E-state index contributed by atoms with van der Waals surface area (Å²) in [6, 6.07) is 3.51. The van der Waals surface area contributed by atoms with Gasteiger partial charge in [-0.15, -0.1) is 5.10 Å². The van der Waals surface area contributed by atoms with Crippen molar-refractivity contribution in [2.45, 2.75) is 19.4 Å². The number of carbonyl (C=O) groups is 1. The zero-order valence-corrected chi connectivity index (χ0v) is 15.2. The molecule has 136 valence electrons. The van der Waals surface area contributed by atoms with Gasteiger partial charge < -0.3 is 19.0 Å². The Morgan fingerprint density at radius 1 is 1.44 bits per heavy atom. The first-order valence-electron chi connectivity index (χ1n) is 8.42. The van der Waals surface area contributed by atoms with Gasteiger partial charge in [0, 0.05) is 26.1 Å². The molecule has 1 aliphatic heterocycles. The number of carbonyl (C=O) groups excluding carboxylic acids is 1. The number of hydrogen-bond acceptors (Lipinski definition) is 6. The molecule has 0 bridgehead atoms. The molecule has 1 amide bonds. The number of aryl methyl sites for hydroxylation is 2. The third-order valence-electron chi connectivity index (χ3n) is 4.35. The molecule has 0 aromatic carbocycles. The molecule has 0 spiro atoms. The van der Waals surface area contributed by atoms with Gasteiger partial charge in [-0.05, 0) is 33.2 Å². The number of fused-ring (bicyclic) bond motifs is 1. The van der Waals surface area contributed by atoms with Gasteiger partial charge in [0.1, 0.15) is 11.5 Å². The number of ether oxygens (including phenoxy) is 1. The fourth-order valence-corrected chi connectivity index (χ4v) is 3.08. The predicted octanol–water partition coefficient (Wildman–Crippen LogP) is 1.03. The molecule has 2 aromatic heterocycles. The Hall–Kier alpha value is -2.19. The highest BCUT2D eigenvalue weighted by atomic mass is 16.5. The van der Waals surface area contributed by atoms with E-state index in [1.165, 1.54) is 0 Å². The Kier molecular flexibility index (Phi) is 5.19. The third kappa shape index (κ3) is 3.91. The van der Waals surface area contributed by atoms with E-state index in [4.69, 9.17) is 9.15 Å². The number of amides is 1. The Balaban J connectivity index is 1.73. The zero-order valence-electron chi connectivity index (χ0n) is 15.2. The predicted molar refractivity (Wildman–Crippen MR) is 91.3 cm³/mol. The smallest absolute Gasteiger partial charge is 0.289 e. The van der Waals surface area contributed by atoms with Crippen molar-refractivity contribution in [3.63, 3.8) is 0 Å². The van der Waals surface area contributed by atoms with Crippen LogP contribution in [0.2, 0.25) is 0 Å². The van der Waals surface area contributed by atoms with Crippen LogP contribution in [0.4, 0.5) is 0 Å². The van der Waals surface area contributed by atoms with Crippen LogP contribution in [0, 0.1) is 6.92 Å². The fraction of sp³-hybridized carbons (Fsp3) is 0.588. The van der Waals surface area contributed by atoms with E-state index >= 15 is 0 Å². The van der Waals surface area contributed by atoms with Crippen molar-refractivity contribution in [1.29, 1.82) is 0 Å². The van der Waals surface area contributed by atoms with Crippen LogP contribution in [0.5, 0.6) is 0 Å². The summed E-state index contributed by atoms with van der Waals surface area (Å²) in [6.45, 7) is 4.87. The van der Waals surface area contributed by atoms with E-state index in [9.17, 15) is 4.79 Å². The summed E-state index contributed by atoms with van der Waals surface area (Å²) in [5.41, 5.74) is 1.87. The number of aromatic nitrogens is 3. The quantitative estimate of drug-likeness (QED) is 0.727. The largest absolute Gasteiger partial charge is 0.456 e. The van der Waals surface area contributed by atoms with E-state index in [1.807, 2.05) is 28.1 Å². The standard InChI is InChI=1S/C17H25N5O3/c1-12-5-6-15(25-12)17(23)22-9-13(11-24-8-7-20(2)3)16-14(10-22)18-19-21(16)4/h5-6,13H,7-11H2,1-4H3/t13-/m1/s1. The topological polar surface area (TPSA) is 76.6 Å². The van der Waals surface area contributed by atoms with Crippen LogP contribution in [-0.2, 0) is 18.3 Å². The van der Waals surface area contributed by atoms with Crippen molar-refractivity contribution in [3.05, 3.63) is 35.0 Å². The summed E-state index contributed by atoms with van der Waals surface area (Å²) >= 11 is 0. The highest BCUT2D eigenvalue weighted by Gasteiger charge is 2.33. The Morgan fingerprint density at radius 3 is 2.92 bits per heavy atom. The molecule has 25 heavy (non-hydrogen) atoms. The van der Waals surface area contributed by atoms with Gasteiger partial charge in [0.15, 0.2) is 5.76 Å². The summed E-state index contributed by atoms with van der Waals surface area (Å²) in [7, 11) is 5.91. The minimum Gasteiger partial charge on any atom is -0.456 e. The maximum atomic E-state index is 12.7. The lowest BCUT2D eigenvalue weighted by Crippen LogP contribution is -2.40. The van der Waals surface area contributed by atoms with Gasteiger partial charge in [0.25, 0.3) is 5.91 Å². The molecule has 1 aliphatic rings. The number of nitrogens with zero attached hydrogens (tertiary/aromatic N) is 5. The normalized spacial score (nSPS) is 17.2. The highest BCUT2D eigenvalue weighted by Crippen LogP contribution is 2.28. The van der Waals surface area contributed by atoms with E-state index in [-0.39, 0.29) is 11.8 Å². The maximum Gasteiger partial charge on any atom is 0.289 e. The first-order valence-corrected chi connectivity index (χ1v) is 8.42.